The van der Waals surface area contributed by atoms with Crippen LogP contribution in [0.3, 0.4) is 0 Å². The Kier molecular flexibility index (Phi) is 63.7. The smallest absolute Gasteiger partial charge is 0.361 e. The van der Waals surface area contributed by atoms with E-state index in [2.05, 4.69) is 98.9 Å². The van der Waals surface area contributed by atoms with Gasteiger partial charge in [-0.1, -0.05) is 304 Å². The highest BCUT2D eigenvalue weighted by Gasteiger charge is 2.25. The number of nitrogens with zero attached hydrogens (tertiary/aromatic N) is 1. The van der Waals surface area contributed by atoms with E-state index < -0.39 is 24.3 Å². The summed E-state index contributed by atoms with van der Waals surface area (Å²) in [6.45, 7) is 4.76. The summed E-state index contributed by atoms with van der Waals surface area (Å²) < 4.78 is 22.9. The van der Waals surface area contributed by atoms with Gasteiger partial charge >= 0.3 is 17.9 Å². The average molecular weight is 1190 g/mol. The molecule has 9 nitrogen and oxygen atoms in total. The van der Waals surface area contributed by atoms with Gasteiger partial charge in [0.25, 0.3) is 6.29 Å². The quantitative estimate of drug-likeness (QED) is 0.0211. The van der Waals surface area contributed by atoms with Gasteiger partial charge in [0.15, 0.2) is 6.10 Å². The second-order valence-corrected chi connectivity index (χ2v) is 25.2. The third-order valence-electron chi connectivity index (χ3n) is 15.6. The van der Waals surface area contributed by atoms with E-state index in [0.717, 1.165) is 83.5 Å². The molecule has 0 radical (unpaired) electrons. The lowest BCUT2D eigenvalue weighted by Crippen LogP contribution is -2.40. The number of unbranched alkanes of at least 4 members (excludes halogenated alkanes) is 37. The topological polar surface area (TPSA) is 108 Å². The van der Waals surface area contributed by atoms with E-state index in [1.54, 1.807) is 0 Å². The molecule has 0 aliphatic carbocycles. The minimum Gasteiger partial charge on any atom is -0.477 e. The van der Waals surface area contributed by atoms with Gasteiger partial charge in [0, 0.05) is 12.8 Å². The average Bonchev–Trinajstić information content (AvgIpc) is 3.49. The maximum absolute atomic E-state index is 12.9. The predicted molar refractivity (Wildman–Crippen MR) is 364 cm³/mol. The normalized spacial score (nSPS) is 13.2. The first-order chi connectivity index (χ1) is 41.6. The zero-order chi connectivity index (χ0) is 61.9. The van der Waals surface area contributed by atoms with Crippen LogP contribution in [0.5, 0.6) is 0 Å². The van der Waals surface area contributed by atoms with Gasteiger partial charge in [-0.2, -0.15) is 0 Å². The summed E-state index contributed by atoms with van der Waals surface area (Å²) in [5, 5.41) is 9.74. The third-order valence-corrected chi connectivity index (χ3v) is 15.6. The van der Waals surface area contributed by atoms with Gasteiger partial charge in [-0.15, -0.1) is 0 Å². The maximum atomic E-state index is 12.9. The van der Waals surface area contributed by atoms with E-state index in [1.165, 1.54) is 205 Å². The highest BCUT2D eigenvalue weighted by Crippen LogP contribution is 2.18. The van der Waals surface area contributed by atoms with E-state index in [-0.39, 0.29) is 32.2 Å². The van der Waals surface area contributed by atoms with E-state index in [0.29, 0.717) is 23.9 Å². The van der Waals surface area contributed by atoms with E-state index in [9.17, 15) is 19.5 Å². The first kappa shape index (κ1) is 81.5. The van der Waals surface area contributed by atoms with Crippen LogP contribution < -0.4 is 0 Å². The summed E-state index contributed by atoms with van der Waals surface area (Å²) >= 11 is 0. The summed E-state index contributed by atoms with van der Waals surface area (Å²) in [6.07, 6.45) is 87.2. The minimum absolute atomic E-state index is 0.180. The van der Waals surface area contributed by atoms with Crippen LogP contribution in [0, 0.1) is 0 Å². The van der Waals surface area contributed by atoms with Gasteiger partial charge in [0.2, 0.25) is 0 Å². The Morgan fingerprint density at radius 3 is 1.01 bits per heavy atom. The fraction of sp³-hybridized carbons (Fsp3) is 0.776. The van der Waals surface area contributed by atoms with Crippen LogP contribution >= 0.6 is 0 Å². The molecule has 0 aromatic heterocycles. The minimum atomic E-state index is -1.52. The van der Waals surface area contributed by atoms with Crippen LogP contribution in [0.4, 0.5) is 0 Å². The molecule has 0 bridgehead atoms. The van der Waals surface area contributed by atoms with Gasteiger partial charge in [-0.05, 0) is 89.9 Å². The Labute approximate surface area is 525 Å². The number of likely N-dealkylation sites (N-methyl/N-ethyl adjacent to an activating group) is 1. The molecule has 0 aromatic carbocycles. The maximum Gasteiger partial charge on any atom is 0.361 e. The summed E-state index contributed by atoms with van der Waals surface area (Å²) in [6, 6.07) is 0. The molecule has 0 aliphatic heterocycles. The molecule has 0 fully saturated rings. The third kappa shape index (κ3) is 67.8. The van der Waals surface area contributed by atoms with Crippen molar-refractivity contribution in [2.24, 2.45) is 0 Å². The Morgan fingerprint density at radius 2 is 0.671 bits per heavy atom. The molecular weight excluding hydrogens is 1050 g/mol. The van der Waals surface area contributed by atoms with Crippen LogP contribution in [0.25, 0.3) is 0 Å². The molecule has 2 atom stereocenters. The van der Waals surface area contributed by atoms with Crippen LogP contribution in [0.2, 0.25) is 0 Å². The number of carboxylic acids is 1. The van der Waals surface area contributed by atoms with Crippen LogP contribution in [0.1, 0.15) is 322 Å². The van der Waals surface area contributed by atoms with Crippen molar-refractivity contribution in [3.63, 3.8) is 0 Å². The van der Waals surface area contributed by atoms with Crippen LogP contribution in [-0.2, 0) is 33.3 Å². The van der Waals surface area contributed by atoms with Crippen molar-refractivity contribution in [2.75, 3.05) is 47.5 Å². The monoisotopic (exact) mass is 1190 g/mol. The lowest BCUT2D eigenvalue weighted by Gasteiger charge is -2.25. The van der Waals surface area contributed by atoms with E-state index in [4.69, 9.17) is 18.9 Å². The molecule has 492 valence electrons. The van der Waals surface area contributed by atoms with Crippen molar-refractivity contribution >= 4 is 17.9 Å². The number of quaternary nitrogens is 1. The molecule has 0 aliphatic rings. The molecule has 0 heterocycles. The highest BCUT2D eigenvalue weighted by atomic mass is 16.7. The van der Waals surface area contributed by atoms with Crippen molar-refractivity contribution in [1.82, 2.24) is 0 Å². The lowest BCUT2D eigenvalue weighted by atomic mass is 10.0. The molecule has 0 rings (SSSR count). The number of carbonyl (C=O) groups excluding carboxylic acids is 2. The molecule has 1 N–H and O–H groups in total. The van der Waals surface area contributed by atoms with Gasteiger partial charge in [0.1, 0.15) is 13.2 Å². The molecule has 0 saturated carbocycles. The fourth-order valence-corrected chi connectivity index (χ4v) is 10.2. The zero-order valence-electron chi connectivity index (χ0n) is 56.3. The highest BCUT2D eigenvalue weighted by molar-refractivity contribution is 5.71. The number of rotatable bonds is 66. The summed E-state index contributed by atoms with van der Waals surface area (Å²) in [5.41, 5.74) is 0. The number of aliphatic carboxylic acids is 1. The number of ether oxygens (including phenoxy) is 4. The fourth-order valence-electron chi connectivity index (χ4n) is 10.2. The van der Waals surface area contributed by atoms with Gasteiger partial charge in [-0.3, -0.25) is 9.59 Å². The summed E-state index contributed by atoms with van der Waals surface area (Å²) in [5.74, 6) is -2.03. The Hall–Kier alpha value is -3.53. The van der Waals surface area contributed by atoms with Crippen molar-refractivity contribution in [2.45, 2.75) is 334 Å². The molecule has 0 saturated heterocycles. The first-order valence-electron chi connectivity index (χ1n) is 35.8. The number of esters is 2. The number of carbonyl (C=O) groups is 3. The molecule has 85 heavy (non-hydrogen) atoms. The van der Waals surface area contributed by atoms with Crippen molar-refractivity contribution in [1.29, 1.82) is 0 Å². The molecule has 2 unspecified atom stereocenters. The zero-order valence-corrected chi connectivity index (χ0v) is 56.3. The first-order valence-corrected chi connectivity index (χ1v) is 35.8. The standard InChI is InChI=1S/C76H135NO8/c1-6-8-10-12-14-16-18-20-22-24-26-28-30-31-32-33-34-35-36-37-38-39-40-41-42-43-45-46-48-50-52-54-56-58-60-62-64-66-73(78)83-70-72(71-84-76(75(80)81)82-69-68-77(3,4)5)85-74(79)67-65-63-61-59-57-55-53-51-49-47-44-29-27-25-23-21-19-17-15-13-11-9-7-2/h9,11,15,17,21,23-24,26-27,29,47,49,53,55,72,76H,6-8,10,12-14,16,18-20,22,25,28,30-46,48,50-52,54,56-71H2,1-5H3/p+1/b11-9-,17-15-,23-21-,26-24-,29-27-,49-47-,55-53-. The molecule has 0 amide bonds. The molecule has 0 spiro atoms. The molecule has 0 aromatic rings. The van der Waals surface area contributed by atoms with Gasteiger partial charge < -0.3 is 28.5 Å². The van der Waals surface area contributed by atoms with Crippen molar-refractivity contribution in [3.8, 4) is 0 Å². The van der Waals surface area contributed by atoms with Gasteiger partial charge in [0.05, 0.1) is 34.4 Å². The van der Waals surface area contributed by atoms with E-state index in [1.807, 2.05) is 21.1 Å². The second kappa shape index (κ2) is 66.4. The Bertz CT molecular complexity index is 1670. The lowest BCUT2D eigenvalue weighted by molar-refractivity contribution is -0.870. The predicted octanol–water partition coefficient (Wildman–Crippen LogP) is 22.2. The van der Waals surface area contributed by atoms with Crippen LogP contribution in [0.15, 0.2) is 85.1 Å². The summed E-state index contributed by atoms with van der Waals surface area (Å²) in [7, 11) is 5.97. The molecular formula is C76H136NO8+. The van der Waals surface area contributed by atoms with Crippen LogP contribution in [-0.4, -0.2) is 87.4 Å². The Balaban J connectivity index is 4.05. The summed E-state index contributed by atoms with van der Waals surface area (Å²) in [4.78, 5) is 37.6. The Morgan fingerprint density at radius 1 is 0.365 bits per heavy atom. The largest absolute Gasteiger partial charge is 0.477 e. The molecule has 9 heteroatoms. The number of hydrogen-bond donors (Lipinski definition) is 1. The van der Waals surface area contributed by atoms with Gasteiger partial charge in [-0.25, -0.2) is 4.79 Å². The number of allylic oxidation sites excluding steroid dienone is 14. The number of hydrogen-bond acceptors (Lipinski definition) is 7. The second-order valence-electron chi connectivity index (χ2n) is 25.2. The van der Waals surface area contributed by atoms with E-state index >= 15 is 0 Å². The van der Waals surface area contributed by atoms with Crippen molar-refractivity contribution in [3.05, 3.63) is 85.1 Å². The SMILES string of the molecule is CC/C=C\C/C=C\C/C=C\C/C=C\C/C=C\C/C=C\CCCCCCC(=O)OC(COC(=O)CCCCCCCCCCCCCCCCCCCCCCCCCCC/C=C\CCCCCCCCCC)COC(OCC[N+](C)(C)C)C(=O)O. The van der Waals surface area contributed by atoms with Crippen molar-refractivity contribution < 1.29 is 42.9 Å². The number of carboxylic acid groups (broad SMARTS) is 1.